The van der Waals surface area contributed by atoms with E-state index in [9.17, 15) is 4.79 Å². The first-order chi connectivity index (χ1) is 13.8. The second-order valence-corrected chi connectivity index (χ2v) is 7.36. The van der Waals surface area contributed by atoms with E-state index >= 15 is 0 Å². The van der Waals surface area contributed by atoms with Crippen LogP contribution in [0, 0.1) is 13.8 Å². The summed E-state index contributed by atoms with van der Waals surface area (Å²) in [5.41, 5.74) is 4.83. The van der Waals surface area contributed by atoms with Gasteiger partial charge in [-0.15, -0.1) is 0 Å². The third kappa shape index (κ3) is 4.35. The number of rotatable bonds is 5. The van der Waals surface area contributed by atoms with Crippen LogP contribution in [0.3, 0.4) is 0 Å². The molecule has 1 atom stereocenters. The van der Waals surface area contributed by atoms with E-state index in [-0.39, 0.29) is 5.91 Å². The van der Waals surface area contributed by atoms with Gasteiger partial charge in [0.05, 0.1) is 25.8 Å². The zero-order chi connectivity index (χ0) is 21.1. The molecule has 0 aromatic heterocycles. The number of ether oxygens (including phenoxy) is 2. The highest BCUT2D eigenvalue weighted by Crippen LogP contribution is 2.36. The van der Waals surface area contributed by atoms with E-state index in [1.54, 1.807) is 14.2 Å². The molecule has 0 bridgehead atoms. The largest absolute Gasteiger partial charge is 0.497 e. The van der Waals surface area contributed by atoms with E-state index < -0.39 is 6.04 Å². The van der Waals surface area contributed by atoms with E-state index in [1.807, 2.05) is 57.2 Å². The Bertz CT molecular complexity index is 1000. The lowest BCUT2D eigenvalue weighted by Gasteiger charge is -2.31. The van der Waals surface area contributed by atoms with Gasteiger partial charge >= 0.3 is 0 Å². The average molecular weight is 412 g/mol. The summed E-state index contributed by atoms with van der Waals surface area (Å²) in [5.74, 6) is 1.09. The normalized spacial score (nSPS) is 16.0. The van der Waals surface area contributed by atoms with Crippen LogP contribution in [-0.2, 0) is 4.79 Å². The molecule has 0 radical (unpaired) electrons. The molecule has 29 heavy (non-hydrogen) atoms. The highest BCUT2D eigenvalue weighted by Gasteiger charge is 2.32. The van der Waals surface area contributed by atoms with Gasteiger partial charge < -0.3 is 25.4 Å². The van der Waals surface area contributed by atoms with Gasteiger partial charge in [0.2, 0.25) is 0 Å². The zero-order valence-electron chi connectivity index (χ0n) is 17.2. The topological polar surface area (TPSA) is 71.6 Å². The first-order valence-electron chi connectivity index (χ1n) is 9.23. The van der Waals surface area contributed by atoms with Crippen molar-refractivity contribution >= 4 is 28.9 Å². The molecule has 1 aliphatic heterocycles. The minimum Gasteiger partial charge on any atom is -0.497 e. The number of methoxy groups -OCH3 is 2. The molecule has 0 fully saturated rings. The Kier molecular flexibility index (Phi) is 6.08. The lowest BCUT2D eigenvalue weighted by atomic mass is 9.93. The molecule has 1 amide bonds. The van der Waals surface area contributed by atoms with Gasteiger partial charge in [0.1, 0.15) is 11.5 Å². The lowest BCUT2D eigenvalue weighted by Crippen LogP contribution is -2.45. The van der Waals surface area contributed by atoms with Crippen LogP contribution >= 0.6 is 12.2 Å². The maximum Gasteiger partial charge on any atom is 0.255 e. The van der Waals surface area contributed by atoms with Gasteiger partial charge in [0.25, 0.3) is 5.91 Å². The zero-order valence-corrected chi connectivity index (χ0v) is 18.0. The number of thiocarbonyl (C=S) groups is 1. The van der Waals surface area contributed by atoms with Gasteiger partial charge in [0.15, 0.2) is 5.11 Å². The molecule has 2 aromatic carbocycles. The van der Waals surface area contributed by atoms with Gasteiger partial charge in [-0.2, -0.15) is 0 Å². The van der Waals surface area contributed by atoms with Gasteiger partial charge in [-0.1, -0.05) is 12.1 Å². The number of carbonyl (C=O) groups is 1. The Morgan fingerprint density at radius 1 is 1.07 bits per heavy atom. The number of anilines is 1. The van der Waals surface area contributed by atoms with Crippen molar-refractivity contribution in [1.82, 2.24) is 10.6 Å². The van der Waals surface area contributed by atoms with Crippen molar-refractivity contribution in [2.45, 2.75) is 26.8 Å². The first kappa shape index (κ1) is 20.7. The Hall–Kier alpha value is -3.06. The highest BCUT2D eigenvalue weighted by molar-refractivity contribution is 7.80. The molecule has 7 heteroatoms. The van der Waals surface area contributed by atoms with Crippen molar-refractivity contribution in [3.63, 3.8) is 0 Å². The van der Waals surface area contributed by atoms with Crippen LogP contribution in [0.1, 0.15) is 29.7 Å². The molecule has 3 rings (SSSR count). The van der Waals surface area contributed by atoms with E-state index in [4.69, 9.17) is 21.7 Å². The van der Waals surface area contributed by atoms with Crippen LogP contribution in [-0.4, -0.2) is 25.2 Å². The lowest BCUT2D eigenvalue weighted by molar-refractivity contribution is -0.113. The summed E-state index contributed by atoms with van der Waals surface area (Å²) in [5, 5.41) is 9.74. The number of hydrogen-bond donors (Lipinski definition) is 3. The number of carbonyl (C=O) groups excluding carboxylic acids is 1. The fraction of sp³-hybridized carbons (Fsp3) is 0.273. The molecule has 2 aromatic rings. The van der Waals surface area contributed by atoms with Crippen molar-refractivity contribution in [1.29, 1.82) is 0 Å². The molecular formula is C22H25N3O3S. The van der Waals surface area contributed by atoms with Gasteiger partial charge in [0, 0.05) is 16.9 Å². The molecule has 0 saturated carbocycles. The maximum absolute atomic E-state index is 13.3. The van der Waals surface area contributed by atoms with Gasteiger partial charge in [-0.05, 0) is 68.4 Å². The molecule has 0 spiro atoms. The fourth-order valence-electron chi connectivity index (χ4n) is 3.35. The molecule has 6 nitrogen and oxygen atoms in total. The minimum absolute atomic E-state index is 0.214. The average Bonchev–Trinajstić information content (AvgIpc) is 2.69. The summed E-state index contributed by atoms with van der Waals surface area (Å²) in [7, 11) is 3.19. The Morgan fingerprint density at radius 2 is 1.83 bits per heavy atom. The predicted octanol–water partition coefficient (Wildman–Crippen LogP) is 3.75. The van der Waals surface area contributed by atoms with Crippen LogP contribution in [0.5, 0.6) is 11.5 Å². The molecule has 3 N–H and O–H groups in total. The standard InChI is InChI=1S/C22H25N3O3S/c1-12-6-7-13(2)17(10-12)24-21(26)19-14(3)23-22(29)25-20(19)16-11-15(27-4)8-9-18(16)28-5/h6-11,20H,1-5H3,(H,24,26)(H2,23,25,29). The molecule has 152 valence electrons. The van der Waals surface area contributed by atoms with Crippen LogP contribution in [0.15, 0.2) is 47.7 Å². The van der Waals surface area contributed by atoms with E-state index in [1.165, 1.54) is 0 Å². The summed E-state index contributed by atoms with van der Waals surface area (Å²) < 4.78 is 10.9. The first-order valence-corrected chi connectivity index (χ1v) is 9.63. The molecule has 1 unspecified atom stereocenters. The van der Waals surface area contributed by atoms with Crippen molar-refractivity contribution in [2.24, 2.45) is 0 Å². The third-order valence-corrected chi connectivity index (χ3v) is 5.12. The summed E-state index contributed by atoms with van der Waals surface area (Å²) >= 11 is 5.35. The Labute approximate surface area is 176 Å². The SMILES string of the molecule is COc1ccc(OC)c(C2NC(=S)NC(C)=C2C(=O)Nc2cc(C)ccc2C)c1. The minimum atomic E-state index is -0.487. The van der Waals surface area contributed by atoms with Crippen molar-refractivity contribution in [2.75, 3.05) is 19.5 Å². The molecule has 0 saturated heterocycles. The number of allylic oxidation sites excluding steroid dienone is 1. The molecular weight excluding hydrogens is 386 g/mol. The van der Waals surface area contributed by atoms with Crippen molar-refractivity contribution in [3.8, 4) is 11.5 Å². The Morgan fingerprint density at radius 3 is 2.52 bits per heavy atom. The number of benzene rings is 2. The van der Waals surface area contributed by atoms with Crippen molar-refractivity contribution < 1.29 is 14.3 Å². The highest BCUT2D eigenvalue weighted by atomic mass is 32.1. The van der Waals surface area contributed by atoms with Gasteiger partial charge in [-0.25, -0.2) is 0 Å². The second kappa shape index (κ2) is 8.53. The maximum atomic E-state index is 13.3. The molecule has 1 aliphatic rings. The fourth-order valence-corrected chi connectivity index (χ4v) is 3.62. The number of amides is 1. The van der Waals surface area contributed by atoms with Gasteiger partial charge in [-0.3, -0.25) is 4.79 Å². The number of nitrogens with one attached hydrogen (secondary N) is 3. The quantitative estimate of drug-likeness (QED) is 0.651. The molecule has 0 aliphatic carbocycles. The van der Waals surface area contributed by atoms with E-state index in [0.717, 1.165) is 22.4 Å². The van der Waals surface area contributed by atoms with Crippen LogP contribution in [0.4, 0.5) is 5.69 Å². The van der Waals surface area contributed by atoms with Crippen LogP contribution < -0.4 is 25.4 Å². The predicted molar refractivity (Wildman–Crippen MR) is 118 cm³/mol. The monoisotopic (exact) mass is 411 g/mol. The number of hydrogen-bond acceptors (Lipinski definition) is 4. The van der Waals surface area contributed by atoms with E-state index in [2.05, 4.69) is 16.0 Å². The summed E-state index contributed by atoms with van der Waals surface area (Å²) in [4.78, 5) is 13.3. The molecule has 1 heterocycles. The summed E-state index contributed by atoms with van der Waals surface area (Å²) in [6.45, 7) is 5.79. The third-order valence-electron chi connectivity index (χ3n) is 4.90. The second-order valence-electron chi connectivity index (χ2n) is 6.95. The Balaban J connectivity index is 2.05. The smallest absolute Gasteiger partial charge is 0.255 e. The van der Waals surface area contributed by atoms with E-state index in [0.29, 0.717) is 27.9 Å². The van der Waals surface area contributed by atoms with Crippen molar-refractivity contribution in [3.05, 3.63) is 64.4 Å². The van der Waals surface area contributed by atoms with Crippen LogP contribution in [0.25, 0.3) is 0 Å². The summed E-state index contributed by atoms with van der Waals surface area (Å²) in [6.07, 6.45) is 0. The van der Waals surface area contributed by atoms with Crippen LogP contribution in [0.2, 0.25) is 0 Å². The number of aryl methyl sites for hydroxylation is 2. The summed E-state index contributed by atoms with van der Waals surface area (Å²) in [6, 6.07) is 11.0.